The number of hydrogen-bond acceptors (Lipinski definition) is 3. The fourth-order valence-electron chi connectivity index (χ4n) is 3.49. The number of rotatable bonds is 3. The molecule has 4 rings (SSSR count). The second-order valence-corrected chi connectivity index (χ2v) is 6.96. The molecule has 1 aromatic heterocycles. The summed E-state index contributed by atoms with van der Waals surface area (Å²) in [5.41, 5.74) is 3.97. The number of halogens is 1. The number of carbonyl (C=O) groups is 2. The van der Waals surface area contributed by atoms with Crippen molar-refractivity contribution in [1.82, 2.24) is 20.0 Å². The van der Waals surface area contributed by atoms with Crippen molar-refractivity contribution in [2.45, 2.75) is 25.8 Å². The lowest BCUT2D eigenvalue weighted by atomic mass is 10.0. The number of benzene rings is 1. The number of aromatic amines is 1. The lowest BCUT2D eigenvalue weighted by Gasteiger charge is -2.29. The average molecular weight is 359 g/mol. The molecule has 0 unspecified atom stereocenters. The highest BCUT2D eigenvalue weighted by Gasteiger charge is 2.29. The number of nitrogens with one attached hydrogen (secondary N) is 1. The van der Waals surface area contributed by atoms with Crippen LogP contribution in [0.4, 0.5) is 0 Å². The number of hydrogen-bond donors (Lipinski definition) is 1. The molecule has 130 valence electrons. The van der Waals surface area contributed by atoms with Crippen molar-refractivity contribution >= 4 is 23.4 Å². The molecule has 0 saturated carbocycles. The number of amides is 2. The smallest absolute Gasteiger partial charge is 0.242 e. The van der Waals surface area contributed by atoms with Crippen LogP contribution in [0.15, 0.2) is 24.3 Å². The zero-order valence-electron chi connectivity index (χ0n) is 13.8. The van der Waals surface area contributed by atoms with Crippen molar-refractivity contribution in [1.29, 1.82) is 0 Å². The van der Waals surface area contributed by atoms with E-state index in [2.05, 4.69) is 10.2 Å². The Morgan fingerprint density at radius 1 is 1.20 bits per heavy atom. The number of likely N-dealkylation sites (tertiary alicyclic amines) is 1. The minimum Gasteiger partial charge on any atom is -0.336 e. The maximum atomic E-state index is 12.6. The molecule has 2 amide bonds. The molecular weight excluding hydrogens is 340 g/mol. The van der Waals surface area contributed by atoms with E-state index in [0.29, 0.717) is 31.1 Å². The number of nitrogens with zero attached hydrogens (tertiary/aromatic N) is 3. The van der Waals surface area contributed by atoms with E-state index in [-0.39, 0.29) is 18.4 Å². The molecule has 1 N–H and O–H groups in total. The predicted molar refractivity (Wildman–Crippen MR) is 94.0 cm³/mol. The Labute approximate surface area is 150 Å². The van der Waals surface area contributed by atoms with Gasteiger partial charge in [0.15, 0.2) is 0 Å². The Morgan fingerprint density at radius 2 is 2.00 bits per heavy atom. The van der Waals surface area contributed by atoms with Crippen LogP contribution in [-0.2, 0) is 22.6 Å². The quantitative estimate of drug-likeness (QED) is 0.914. The summed E-state index contributed by atoms with van der Waals surface area (Å²) in [6.45, 7) is 2.04. The van der Waals surface area contributed by atoms with Gasteiger partial charge in [-0.3, -0.25) is 14.7 Å². The molecule has 1 fully saturated rings. The van der Waals surface area contributed by atoms with Crippen LogP contribution in [0, 0.1) is 0 Å². The fourth-order valence-corrected chi connectivity index (χ4v) is 3.61. The highest BCUT2D eigenvalue weighted by molar-refractivity contribution is 6.30. The van der Waals surface area contributed by atoms with E-state index in [1.807, 2.05) is 29.2 Å². The van der Waals surface area contributed by atoms with E-state index in [1.54, 1.807) is 4.90 Å². The maximum Gasteiger partial charge on any atom is 0.242 e. The van der Waals surface area contributed by atoms with Gasteiger partial charge in [-0.1, -0.05) is 23.7 Å². The highest BCUT2D eigenvalue weighted by atomic mass is 35.5. The summed E-state index contributed by atoms with van der Waals surface area (Å²) in [7, 11) is 0. The summed E-state index contributed by atoms with van der Waals surface area (Å²) >= 11 is 5.96. The molecule has 0 atom stereocenters. The molecule has 6 nitrogen and oxygen atoms in total. The first-order chi connectivity index (χ1) is 12.1. The first kappa shape index (κ1) is 16.1. The minimum atomic E-state index is 0.00385. The topological polar surface area (TPSA) is 69.3 Å². The van der Waals surface area contributed by atoms with Crippen LogP contribution in [0.2, 0.25) is 5.02 Å². The number of aromatic nitrogens is 2. The molecule has 2 aliphatic rings. The minimum absolute atomic E-state index is 0.00385. The zero-order valence-corrected chi connectivity index (χ0v) is 14.6. The van der Waals surface area contributed by atoms with Gasteiger partial charge in [0.05, 0.1) is 12.2 Å². The van der Waals surface area contributed by atoms with Crippen molar-refractivity contribution < 1.29 is 9.59 Å². The standard InChI is InChI=1S/C18H19ClN4O2/c19-13-5-3-12(4-6-13)18-14-10-23(9-7-15(14)20-21-18)17(25)11-22-8-1-2-16(22)24/h3-6H,1-2,7-11H2,(H,20,21). The van der Waals surface area contributed by atoms with E-state index in [1.165, 1.54) is 0 Å². The van der Waals surface area contributed by atoms with Crippen LogP contribution in [0.25, 0.3) is 11.3 Å². The van der Waals surface area contributed by atoms with Gasteiger partial charge in [-0.15, -0.1) is 0 Å². The first-order valence-electron chi connectivity index (χ1n) is 8.49. The molecule has 2 aliphatic heterocycles. The Balaban J connectivity index is 1.52. The van der Waals surface area contributed by atoms with Gasteiger partial charge in [0.25, 0.3) is 0 Å². The summed E-state index contributed by atoms with van der Waals surface area (Å²) in [6.07, 6.45) is 2.15. The number of H-pyrrole nitrogens is 1. The molecule has 7 heteroatoms. The highest BCUT2D eigenvalue weighted by Crippen LogP contribution is 2.29. The van der Waals surface area contributed by atoms with Crippen molar-refractivity contribution in [2.24, 2.45) is 0 Å². The molecule has 0 aliphatic carbocycles. The van der Waals surface area contributed by atoms with E-state index >= 15 is 0 Å². The number of carbonyl (C=O) groups excluding carboxylic acids is 2. The van der Waals surface area contributed by atoms with Gasteiger partial charge in [0.1, 0.15) is 0 Å². The van der Waals surface area contributed by atoms with E-state index in [9.17, 15) is 9.59 Å². The Kier molecular flexibility index (Phi) is 4.21. The van der Waals surface area contributed by atoms with Gasteiger partial charge in [-0.05, 0) is 18.6 Å². The largest absolute Gasteiger partial charge is 0.336 e. The van der Waals surface area contributed by atoms with Crippen LogP contribution in [0.3, 0.4) is 0 Å². The summed E-state index contributed by atoms with van der Waals surface area (Å²) in [5.74, 6) is 0.0837. The van der Waals surface area contributed by atoms with Crippen molar-refractivity contribution in [3.8, 4) is 11.3 Å². The van der Waals surface area contributed by atoms with Crippen LogP contribution >= 0.6 is 11.6 Å². The van der Waals surface area contributed by atoms with Crippen LogP contribution in [-0.4, -0.2) is 51.4 Å². The van der Waals surface area contributed by atoms with Gasteiger partial charge < -0.3 is 9.80 Å². The van der Waals surface area contributed by atoms with E-state index in [0.717, 1.165) is 35.4 Å². The Bertz CT molecular complexity index is 815. The summed E-state index contributed by atoms with van der Waals surface area (Å²) < 4.78 is 0. The Morgan fingerprint density at radius 3 is 2.72 bits per heavy atom. The summed E-state index contributed by atoms with van der Waals surface area (Å²) in [6, 6.07) is 7.54. The predicted octanol–water partition coefficient (Wildman–Crippen LogP) is 2.24. The van der Waals surface area contributed by atoms with Gasteiger partial charge in [0, 0.05) is 54.3 Å². The maximum absolute atomic E-state index is 12.6. The fraction of sp³-hybridized carbons (Fsp3) is 0.389. The molecule has 2 aromatic rings. The summed E-state index contributed by atoms with van der Waals surface area (Å²) in [4.78, 5) is 27.8. The van der Waals surface area contributed by atoms with Crippen LogP contribution < -0.4 is 0 Å². The zero-order chi connectivity index (χ0) is 17.4. The average Bonchev–Trinajstić information content (AvgIpc) is 3.21. The molecule has 0 spiro atoms. The molecule has 0 radical (unpaired) electrons. The van der Waals surface area contributed by atoms with Gasteiger partial charge >= 0.3 is 0 Å². The monoisotopic (exact) mass is 358 g/mol. The summed E-state index contributed by atoms with van der Waals surface area (Å²) in [5, 5.41) is 8.21. The second kappa shape index (κ2) is 6.52. The van der Waals surface area contributed by atoms with Crippen molar-refractivity contribution in [3.63, 3.8) is 0 Å². The van der Waals surface area contributed by atoms with Crippen molar-refractivity contribution in [2.75, 3.05) is 19.6 Å². The molecule has 1 saturated heterocycles. The molecule has 1 aromatic carbocycles. The molecular formula is C18H19ClN4O2. The second-order valence-electron chi connectivity index (χ2n) is 6.52. The van der Waals surface area contributed by atoms with Crippen LogP contribution in [0.1, 0.15) is 24.1 Å². The first-order valence-corrected chi connectivity index (χ1v) is 8.87. The van der Waals surface area contributed by atoms with Gasteiger partial charge in [0.2, 0.25) is 11.8 Å². The third-order valence-electron chi connectivity index (χ3n) is 4.90. The molecule has 3 heterocycles. The Hall–Kier alpha value is -2.34. The molecule has 0 bridgehead atoms. The third kappa shape index (κ3) is 3.14. The van der Waals surface area contributed by atoms with Gasteiger partial charge in [-0.25, -0.2) is 0 Å². The number of fused-ring (bicyclic) bond motifs is 1. The SMILES string of the molecule is O=C1CCCN1CC(=O)N1CCc2[nH]nc(-c3ccc(Cl)cc3)c2C1. The van der Waals surface area contributed by atoms with Crippen molar-refractivity contribution in [3.05, 3.63) is 40.5 Å². The third-order valence-corrected chi connectivity index (χ3v) is 5.15. The van der Waals surface area contributed by atoms with E-state index in [4.69, 9.17) is 11.6 Å². The van der Waals surface area contributed by atoms with Gasteiger partial charge in [-0.2, -0.15) is 5.10 Å². The lowest BCUT2D eigenvalue weighted by Crippen LogP contribution is -2.43. The normalized spacial score (nSPS) is 17.1. The van der Waals surface area contributed by atoms with E-state index < -0.39 is 0 Å². The lowest BCUT2D eigenvalue weighted by molar-refractivity contribution is -0.138. The molecule has 25 heavy (non-hydrogen) atoms. The van der Waals surface area contributed by atoms with Crippen LogP contribution in [0.5, 0.6) is 0 Å².